The monoisotopic (exact) mass is 246 g/mol. The second-order valence-electron chi connectivity index (χ2n) is 4.60. The van der Waals surface area contributed by atoms with Crippen LogP contribution in [-0.2, 0) is 4.79 Å². The Bertz CT molecular complexity index is 578. The standard InChI is InChI=1S/C13H14N2O3/c16-13(17)10-2-1-6-15(8-10)12-11-9(3-5-14-12)4-7-18-11/h3-5,7,10H,1-2,6,8H2,(H,16,17). The zero-order valence-corrected chi connectivity index (χ0v) is 9.87. The van der Waals surface area contributed by atoms with Gasteiger partial charge >= 0.3 is 5.97 Å². The van der Waals surface area contributed by atoms with E-state index in [0.29, 0.717) is 6.54 Å². The molecule has 0 aromatic carbocycles. The largest absolute Gasteiger partial charge is 0.481 e. The normalized spacial score (nSPS) is 20.2. The van der Waals surface area contributed by atoms with Crippen LogP contribution in [0.4, 0.5) is 5.82 Å². The van der Waals surface area contributed by atoms with Gasteiger partial charge in [0.2, 0.25) is 0 Å². The van der Waals surface area contributed by atoms with E-state index in [1.165, 1.54) is 0 Å². The van der Waals surface area contributed by atoms with Crippen LogP contribution < -0.4 is 4.90 Å². The van der Waals surface area contributed by atoms with Crippen molar-refractivity contribution in [2.75, 3.05) is 18.0 Å². The third kappa shape index (κ3) is 1.81. The first-order valence-corrected chi connectivity index (χ1v) is 6.05. The molecule has 94 valence electrons. The number of piperidine rings is 1. The van der Waals surface area contributed by atoms with Crippen LogP contribution in [0.3, 0.4) is 0 Å². The van der Waals surface area contributed by atoms with Crippen LogP contribution >= 0.6 is 0 Å². The number of pyridine rings is 1. The third-order valence-corrected chi connectivity index (χ3v) is 3.42. The SMILES string of the molecule is O=C(O)C1CCCN(c2nccc3ccoc23)C1. The van der Waals surface area contributed by atoms with Crippen molar-refractivity contribution in [1.29, 1.82) is 0 Å². The number of carboxylic acids is 1. The summed E-state index contributed by atoms with van der Waals surface area (Å²) < 4.78 is 5.45. The predicted molar refractivity (Wildman–Crippen MR) is 66.6 cm³/mol. The Morgan fingerprint density at radius 3 is 3.22 bits per heavy atom. The molecule has 3 heterocycles. The summed E-state index contributed by atoms with van der Waals surface area (Å²) in [5.41, 5.74) is 0.739. The molecule has 0 radical (unpaired) electrons. The van der Waals surface area contributed by atoms with E-state index in [1.54, 1.807) is 12.5 Å². The van der Waals surface area contributed by atoms with E-state index in [-0.39, 0.29) is 5.92 Å². The first-order valence-electron chi connectivity index (χ1n) is 6.05. The van der Waals surface area contributed by atoms with Crippen LogP contribution in [0.25, 0.3) is 11.0 Å². The highest BCUT2D eigenvalue weighted by Gasteiger charge is 2.27. The molecule has 0 bridgehead atoms. The Labute approximate surface area is 104 Å². The quantitative estimate of drug-likeness (QED) is 0.879. The second-order valence-corrected chi connectivity index (χ2v) is 4.60. The fraction of sp³-hybridized carbons (Fsp3) is 0.385. The molecule has 3 rings (SSSR count). The van der Waals surface area contributed by atoms with E-state index in [9.17, 15) is 4.79 Å². The molecule has 0 saturated carbocycles. The minimum atomic E-state index is -0.730. The van der Waals surface area contributed by atoms with Crippen LogP contribution in [-0.4, -0.2) is 29.1 Å². The number of rotatable bonds is 2. The van der Waals surface area contributed by atoms with Gasteiger partial charge in [-0.05, 0) is 25.0 Å². The summed E-state index contributed by atoms with van der Waals surface area (Å²) in [5, 5.41) is 10.1. The summed E-state index contributed by atoms with van der Waals surface area (Å²) in [7, 11) is 0. The number of furan rings is 1. The lowest BCUT2D eigenvalue weighted by Crippen LogP contribution is -2.39. The van der Waals surface area contributed by atoms with Gasteiger partial charge in [0.1, 0.15) is 0 Å². The maximum atomic E-state index is 11.1. The number of nitrogens with zero attached hydrogens (tertiary/aromatic N) is 2. The summed E-state index contributed by atoms with van der Waals surface area (Å²) in [6, 6.07) is 3.78. The van der Waals surface area contributed by atoms with Crippen molar-refractivity contribution in [3.63, 3.8) is 0 Å². The first kappa shape index (κ1) is 11.1. The number of aromatic nitrogens is 1. The topological polar surface area (TPSA) is 66.6 Å². The van der Waals surface area contributed by atoms with Crippen molar-refractivity contribution in [1.82, 2.24) is 4.98 Å². The summed E-state index contributed by atoms with van der Waals surface area (Å²) in [6.07, 6.45) is 4.97. The average molecular weight is 246 g/mol. The highest BCUT2D eigenvalue weighted by Crippen LogP contribution is 2.28. The predicted octanol–water partition coefficient (Wildman–Crippen LogP) is 2.13. The molecule has 18 heavy (non-hydrogen) atoms. The lowest BCUT2D eigenvalue weighted by molar-refractivity contribution is -0.141. The van der Waals surface area contributed by atoms with E-state index >= 15 is 0 Å². The van der Waals surface area contributed by atoms with Crippen molar-refractivity contribution in [2.45, 2.75) is 12.8 Å². The van der Waals surface area contributed by atoms with Gasteiger partial charge in [-0.1, -0.05) is 0 Å². The maximum absolute atomic E-state index is 11.1. The average Bonchev–Trinajstić information content (AvgIpc) is 2.87. The Morgan fingerprint density at radius 2 is 2.39 bits per heavy atom. The molecule has 0 spiro atoms. The first-order chi connectivity index (χ1) is 8.75. The number of hydrogen-bond donors (Lipinski definition) is 1. The molecule has 1 saturated heterocycles. The molecule has 1 aliphatic heterocycles. The molecule has 2 aromatic heterocycles. The minimum Gasteiger partial charge on any atom is -0.481 e. The summed E-state index contributed by atoms with van der Waals surface area (Å²) in [6.45, 7) is 1.33. The Morgan fingerprint density at radius 1 is 1.50 bits per heavy atom. The van der Waals surface area contributed by atoms with Crippen molar-refractivity contribution in [3.8, 4) is 0 Å². The van der Waals surface area contributed by atoms with Gasteiger partial charge in [-0.25, -0.2) is 4.98 Å². The zero-order chi connectivity index (χ0) is 12.5. The van der Waals surface area contributed by atoms with Gasteiger partial charge in [0.05, 0.1) is 12.2 Å². The van der Waals surface area contributed by atoms with Crippen LogP contribution in [0.1, 0.15) is 12.8 Å². The van der Waals surface area contributed by atoms with Crippen molar-refractivity contribution in [3.05, 3.63) is 24.6 Å². The molecule has 5 heteroatoms. The molecule has 0 amide bonds. The second kappa shape index (κ2) is 4.33. The van der Waals surface area contributed by atoms with Gasteiger partial charge in [0.15, 0.2) is 11.4 Å². The van der Waals surface area contributed by atoms with Gasteiger partial charge in [-0.2, -0.15) is 0 Å². The lowest BCUT2D eigenvalue weighted by atomic mass is 9.98. The van der Waals surface area contributed by atoms with Crippen LogP contribution in [0, 0.1) is 5.92 Å². The lowest BCUT2D eigenvalue weighted by Gasteiger charge is -2.31. The number of anilines is 1. The number of aliphatic carboxylic acids is 1. The van der Waals surface area contributed by atoms with Crippen molar-refractivity contribution < 1.29 is 14.3 Å². The molecule has 1 fully saturated rings. The Balaban J connectivity index is 1.94. The van der Waals surface area contributed by atoms with Gasteiger partial charge in [0.25, 0.3) is 0 Å². The molecule has 5 nitrogen and oxygen atoms in total. The molecule has 2 aromatic rings. The molecule has 0 aliphatic carbocycles. The Kier molecular flexibility index (Phi) is 2.66. The van der Waals surface area contributed by atoms with Crippen LogP contribution in [0.5, 0.6) is 0 Å². The van der Waals surface area contributed by atoms with Gasteiger partial charge in [-0.3, -0.25) is 4.79 Å². The van der Waals surface area contributed by atoms with Crippen molar-refractivity contribution in [2.24, 2.45) is 5.92 Å². The molecule has 1 aliphatic rings. The molecule has 1 atom stereocenters. The fourth-order valence-corrected chi connectivity index (χ4v) is 2.48. The van der Waals surface area contributed by atoms with Gasteiger partial charge in [0, 0.05) is 24.7 Å². The van der Waals surface area contributed by atoms with Crippen LogP contribution in [0.2, 0.25) is 0 Å². The number of carbonyl (C=O) groups is 1. The molecular weight excluding hydrogens is 232 g/mol. The van der Waals surface area contributed by atoms with E-state index < -0.39 is 5.97 Å². The highest BCUT2D eigenvalue weighted by molar-refractivity contribution is 5.87. The molecule has 1 unspecified atom stereocenters. The molecular formula is C13H14N2O3. The minimum absolute atomic E-state index is 0.314. The third-order valence-electron chi connectivity index (χ3n) is 3.42. The number of carboxylic acid groups (broad SMARTS) is 1. The summed E-state index contributed by atoms with van der Waals surface area (Å²) >= 11 is 0. The van der Waals surface area contributed by atoms with Crippen LogP contribution in [0.15, 0.2) is 29.0 Å². The van der Waals surface area contributed by atoms with E-state index in [4.69, 9.17) is 9.52 Å². The Hall–Kier alpha value is -2.04. The number of fused-ring (bicyclic) bond motifs is 1. The van der Waals surface area contributed by atoms with Crippen molar-refractivity contribution >= 4 is 22.8 Å². The summed E-state index contributed by atoms with van der Waals surface area (Å²) in [5.74, 6) is -0.291. The van der Waals surface area contributed by atoms with E-state index in [2.05, 4.69) is 4.98 Å². The smallest absolute Gasteiger partial charge is 0.308 e. The maximum Gasteiger partial charge on any atom is 0.308 e. The zero-order valence-electron chi connectivity index (χ0n) is 9.87. The summed E-state index contributed by atoms with van der Waals surface area (Å²) in [4.78, 5) is 17.4. The van der Waals surface area contributed by atoms with E-state index in [0.717, 1.165) is 36.2 Å². The van der Waals surface area contributed by atoms with E-state index in [1.807, 2.05) is 17.0 Å². The van der Waals surface area contributed by atoms with Gasteiger partial charge < -0.3 is 14.4 Å². The fourth-order valence-electron chi connectivity index (χ4n) is 2.48. The number of hydrogen-bond acceptors (Lipinski definition) is 4. The highest BCUT2D eigenvalue weighted by atomic mass is 16.4. The van der Waals surface area contributed by atoms with Gasteiger partial charge in [-0.15, -0.1) is 0 Å². The molecule has 1 N–H and O–H groups in total.